The van der Waals surface area contributed by atoms with Gasteiger partial charge in [-0.2, -0.15) is 0 Å². The second-order valence-corrected chi connectivity index (χ2v) is 4.97. The Morgan fingerprint density at radius 3 is 2.94 bits per heavy atom. The minimum Gasteiger partial charge on any atom is -0.382 e. The SMILES string of the molecule is Nc1cnc(NC2CCN3CCCCC23)cn1. The monoisotopic (exact) mass is 233 g/mol. The summed E-state index contributed by atoms with van der Waals surface area (Å²) in [5.41, 5.74) is 5.53. The maximum absolute atomic E-state index is 5.53. The number of aromatic nitrogens is 2. The molecule has 3 heterocycles. The van der Waals surface area contributed by atoms with Crippen LogP contribution < -0.4 is 11.1 Å². The van der Waals surface area contributed by atoms with Crippen molar-refractivity contribution >= 4 is 11.6 Å². The molecule has 2 fully saturated rings. The molecule has 0 aliphatic carbocycles. The second kappa shape index (κ2) is 4.49. The van der Waals surface area contributed by atoms with Crippen LogP contribution in [0.5, 0.6) is 0 Å². The topological polar surface area (TPSA) is 67.1 Å². The zero-order valence-electron chi connectivity index (χ0n) is 9.97. The largest absolute Gasteiger partial charge is 0.382 e. The Balaban J connectivity index is 1.67. The molecule has 17 heavy (non-hydrogen) atoms. The highest BCUT2D eigenvalue weighted by molar-refractivity contribution is 5.37. The third-order valence-electron chi connectivity index (χ3n) is 3.86. The van der Waals surface area contributed by atoms with Gasteiger partial charge in [-0.05, 0) is 25.8 Å². The minimum absolute atomic E-state index is 0.473. The van der Waals surface area contributed by atoms with Gasteiger partial charge in [-0.25, -0.2) is 9.97 Å². The lowest BCUT2D eigenvalue weighted by Crippen LogP contribution is -2.41. The summed E-state index contributed by atoms with van der Waals surface area (Å²) in [4.78, 5) is 10.9. The molecule has 1 aromatic rings. The summed E-state index contributed by atoms with van der Waals surface area (Å²) >= 11 is 0. The van der Waals surface area contributed by atoms with Crippen LogP contribution in [0.3, 0.4) is 0 Å². The molecular weight excluding hydrogens is 214 g/mol. The molecule has 0 radical (unpaired) electrons. The van der Waals surface area contributed by atoms with Crippen molar-refractivity contribution in [2.75, 3.05) is 24.1 Å². The van der Waals surface area contributed by atoms with Gasteiger partial charge in [-0.3, -0.25) is 4.90 Å². The zero-order chi connectivity index (χ0) is 11.7. The summed E-state index contributed by atoms with van der Waals surface area (Å²) in [5.74, 6) is 1.32. The Labute approximate surface area is 101 Å². The van der Waals surface area contributed by atoms with E-state index in [9.17, 15) is 0 Å². The Morgan fingerprint density at radius 2 is 2.12 bits per heavy atom. The molecule has 2 atom stereocenters. The summed E-state index contributed by atoms with van der Waals surface area (Å²) in [5, 5.41) is 3.50. The number of piperidine rings is 1. The molecule has 3 N–H and O–H groups in total. The summed E-state index contributed by atoms with van der Waals surface area (Å²) in [6, 6.07) is 1.20. The average Bonchev–Trinajstić information content (AvgIpc) is 2.76. The number of hydrogen-bond donors (Lipinski definition) is 2. The van der Waals surface area contributed by atoms with Gasteiger partial charge < -0.3 is 11.1 Å². The van der Waals surface area contributed by atoms with Crippen LogP contribution in [0.2, 0.25) is 0 Å². The molecule has 2 aliphatic heterocycles. The number of rotatable bonds is 2. The van der Waals surface area contributed by atoms with E-state index < -0.39 is 0 Å². The van der Waals surface area contributed by atoms with Crippen molar-refractivity contribution in [1.82, 2.24) is 14.9 Å². The Hall–Kier alpha value is -1.36. The average molecular weight is 233 g/mol. The van der Waals surface area contributed by atoms with Crippen molar-refractivity contribution in [1.29, 1.82) is 0 Å². The Kier molecular flexibility index (Phi) is 2.84. The van der Waals surface area contributed by atoms with Crippen LogP contribution in [0.25, 0.3) is 0 Å². The Bertz CT molecular complexity index is 377. The van der Waals surface area contributed by atoms with Crippen LogP contribution in [0.1, 0.15) is 25.7 Å². The van der Waals surface area contributed by atoms with Crippen molar-refractivity contribution in [2.24, 2.45) is 0 Å². The fraction of sp³-hybridized carbons (Fsp3) is 0.667. The molecule has 92 valence electrons. The molecule has 2 saturated heterocycles. The third kappa shape index (κ3) is 2.20. The smallest absolute Gasteiger partial charge is 0.144 e. The van der Waals surface area contributed by atoms with Crippen LogP contribution in [-0.2, 0) is 0 Å². The van der Waals surface area contributed by atoms with Gasteiger partial charge >= 0.3 is 0 Å². The summed E-state index contributed by atoms with van der Waals surface area (Å²) < 4.78 is 0. The fourth-order valence-electron chi connectivity index (χ4n) is 3.02. The highest BCUT2D eigenvalue weighted by Gasteiger charge is 2.35. The minimum atomic E-state index is 0.473. The number of hydrogen-bond acceptors (Lipinski definition) is 5. The molecule has 5 nitrogen and oxygen atoms in total. The standard InChI is InChI=1S/C12H19N5/c13-11-7-15-12(8-14-11)16-9-4-6-17-5-2-1-3-10(9)17/h7-10H,1-6H2,(H2,13,14)(H,15,16). The van der Waals surface area contributed by atoms with Gasteiger partial charge in [0, 0.05) is 18.6 Å². The van der Waals surface area contributed by atoms with Crippen LogP contribution in [0.15, 0.2) is 12.4 Å². The molecule has 0 saturated carbocycles. The van der Waals surface area contributed by atoms with E-state index >= 15 is 0 Å². The zero-order valence-corrected chi connectivity index (χ0v) is 9.97. The second-order valence-electron chi connectivity index (χ2n) is 4.97. The van der Waals surface area contributed by atoms with E-state index in [1.165, 1.54) is 38.8 Å². The first-order chi connectivity index (χ1) is 8.33. The molecule has 0 spiro atoms. The first-order valence-electron chi connectivity index (χ1n) is 6.41. The first-order valence-corrected chi connectivity index (χ1v) is 6.41. The van der Waals surface area contributed by atoms with Gasteiger partial charge in [0.2, 0.25) is 0 Å². The van der Waals surface area contributed by atoms with Crippen LogP contribution >= 0.6 is 0 Å². The van der Waals surface area contributed by atoms with Gasteiger partial charge in [0.05, 0.1) is 12.4 Å². The van der Waals surface area contributed by atoms with Crippen LogP contribution in [-0.4, -0.2) is 40.0 Å². The van der Waals surface area contributed by atoms with Crippen molar-refractivity contribution < 1.29 is 0 Å². The maximum Gasteiger partial charge on any atom is 0.144 e. The van der Waals surface area contributed by atoms with Gasteiger partial charge in [0.25, 0.3) is 0 Å². The van der Waals surface area contributed by atoms with E-state index in [1.54, 1.807) is 12.4 Å². The van der Waals surface area contributed by atoms with Crippen molar-refractivity contribution in [2.45, 2.75) is 37.8 Å². The van der Waals surface area contributed by atoms with Crippen LogP contribution in [0.4, 0.5) is 11.6 Å². The molecule has 2 unspecified atom stereocenters. The number of nitrogens with one attached hydrogen (secondary N) is 1. The lowest BCUT2D eigenvalue weighted by molar-refractivity contribution is 0.192. The fourth-order valence-corrected chi connectivity index (χ4v) is 3.02. The van der Waals surface area contributed by atoms with Gasteiger partial charge in [-0.1, -0.05) is 6.42 Å². The van der Waals surface area contributed by atoms with Crippen molar-refractivity contribution in [3.63, 3.8) is 0 Å². The summed E-state index contributed by atoms with van der Waals surface area (Å²) in [6.45, 7) is 2.47. The van der Waals surface area contributed by atoms with Gasteiger partial charge in [-0.15, -0.1) is 0 Å². The number of nitrogen functional groups attached to an aromatic ring is 1. The lowest BCUT2D eigenvalue weighted by atomic mass is 9.99. The van der Waals surface area contributed by atoms with Crippen molar-refractivity contribution in [3.8, 4) is 0 Å². The predicted octanol–water partition coefficient (Wildman–Crippen LogP) is 1.10. The maximum atomic E-state index is 5.53. The summed E-state index contributed by atoms with van der Waals surface area (Å²) in [7, 11) is 0. The van der Waals surface area contributed by atoms with Crippen molar-refractivity contribution in [3.05, 3.63) is 12.4 Å². The number of anilines is 2. The predicted molar refractivity (Wildman–Crippen MR) is 67.7 cm³/mol. The molecule has 2 aliphatic rings. The van der Waals surface area contributed by atoms with E-state index in [-0.39, 0.29) is 0 Å². The number of nitrogens with zero attached hydrogens (tertiary/aromatic N) is 3. The van der Waals surface area contributed by atoms with Gasteiger partial charge in [0.1, 0.15) is 11.6 Å². The van der Waals surface area contributed by atoms with E-state index in [0.717, 1.165) is 5.82 Å². The highest BCUT2D eigenvalue weighted by Crippen LogP contribution is 2.28. The van der Waals surface area contributed by atoms with E-state index in [1.807, 2.05) is 0 Å². The molecule has 0 amide bonds. The van der Waals surface area contributed by atoms with E-state index in [4.69, 9.17) is 5.73 Å². The summed E-state index contributed by atoms with van der Waals surface area (Å²) in [6.07, 6.45) is 8.55. The third-order valence-corrected chi connectivity index (χ3v) is 3.86. The molecule has 3 rings (SSSR count). The molecule has 1 aromatic heterocycles. The van der Waals surface area contributed by atoms with E-state index in [2.05, 4.69) is 20.2 Å². The van der Waals surface area contributed by atoms with Crippen LogP contribution in [0, 0.1) is 0 Å². The molecular formula is C12H19N5. The van der Waals surface area contributed by atoms with Gasteiger partial charge in [0.15, 0.2) is 0 Å². The highest BCUT2D eigenvalue weighted by atomic mass is 15.2. The number of fused-ring (bicyclic) bond motifs is 1. The normalized spacial score (nSPS) is 28.9. The quantitative estimate of drug-likeness (QED) is 0.800. The molecule has 5 heteroatoms. The number of nitrogens with two attached hydrogens (primary N) is 1. The first kappa shape index (κ1) is 10.8. The Morgan fingerprint density at radius 1 is 1.18 bits per heavy atom. The lowest BCUT2D eigenvalue weighted by Gasteiger charge is -2.32. The molecule has 0 aromatic carbocycles. The van der Waals surface area contributed by atoms with E-state index in [0.29, 0.717) is 17.9 Å². The molecule has 0 bridgehead atoms.